The maximum atomic E-state index is 5.28. The van der Waals surface area contributed by atoms with Gasteiger partial charge in [-0.05, 0) is 37.5 Å². The van der Waals surface area contributed by atoms with E-state index in [1.165, 1.54) is 38.5 Å². The molecule has 2 aliphatic rings. The van der Waals surface area contributed by atoms with Gasteiger partial charge in [-0.15, -0.1) is 10.2 Å². The van der Waals surface area contributed by atoms with Crippen molar-refractivity contribution in [2.24, 2.45) is 10.4 Å². The molecule has 1 saturated carbocycles. The van der Waals surface area contributed by atoms with Gasteiger partial charge in [-0.2, -0.15) is 0 Å². The molecule has 7 heteroatoms. The number of hydrogen-bond acceptors (Lipinski definition) is 4. The Kier molecular flexibility index (Phi) is 6.88. The number of hydrogen-bond donors (Lipinski definition) is 2. The number of aliphatic imine (C=N–C) groups is 1. The summed E-state index contributed by atoms with van der Waals surface area (Å²) in [5.41, 5.74) is 0.387. The molecule has 0 radical (unpaired) electrons. The van der Waals surface area contributed by atoms with Crippen LogP contribution in [0.2, 0.25) is 0 Å². The van der Waals surface area contributed by atoms with Gasteiger partial charge in [0.2, 0.25) is 0 Å². The number of aromatic nitrogens is 3. The Balaban J connectivity index is 1.44. The third-order valence-corrected chi connectivity index (χ3v) is 5.93. The van der Waals surface area contributed by atoms with Crippen LogP contribution in [0, 0.1) is 5.41 Å². The lowest BCUT2D eigenvalue weighted by molar-refractivity contribution is 0.0732. The van der Waals surface area contributed by atoms with E-state index in [4.69, 9.17) is 4.74 Å². The summed E-state index contributed by atoms with van der Waals surface area (Å²) in [7, 11) is 3.62. The predicted octanol–water partition coefficient (Wildman–Crippen LogP) is 1.92. The Morgan fingerprint density at radius 1 is 1.19 bits per heavy atom. The topological polar surface area (TPSA) is 76.4 Å². The molecular weight excluding hydrogens is 328 g/mol. The number of rotatable bonds is 8. The molecule has 0 amide bonds. The number of fused-ring (bicyclic) bond motifs is 1. The zero-order valence-electron chi connectivity index (χ0n) is 16.4. The minimum atomic E-state index is 0.387. The molecule has 1 aliphatic carbocycles. The molecule has 0 bridgehead atoms. The molecular formula is C19H34N6O. The van der Waals surface area contributed by atoms with Crippen LogP contribution in [0.1, 0.15) is 56.6 Å². The highest BCUT2D eigenvalue weighted by Gasteiger charge is 2.36. The lowest BCUT2D eigenvalue weighted by Crippen LogP contribution is -2.47. The fraction of sp³-hybridized carbons (Fsp3) is 0.842. The Bertz CT molecular complexity index is 593. The van der Waals surface area contributed by atoms with Gasteiger partial charge in [0, 0.05) is 53.2 Å². The molecule has 2 heterocycles. The van der Waals surface area contributed by atoms with E-state index in [0.717, 1.165) is 63.1 Å². The minimum absolute atomic E-state index is 0.387. The molecule has 0 atom stereocenters. The maximum absolute atomic E-state index is 5.28. The number of methoxy groups -OCH3 is 1. The van der Waals surface area contributed by atoms with Crippen molar-refractivity contribution < 1.29 is 4.74 Å². The number of aryl methyl sites for hydroxylation is 1. The first kappa shape index (κ1) is 19.1. The Labute approximate surface area is 157 Å². The number of guanidine groups is 1. The minimum Gasteiger partial charge on any atom is -0.385 e. The zero-order chi connectivity index (χ0) is 18.2. The molecule has 146 valence electrons. The number of ether oxygens (including phenoxy) is 1. The van der Waals surface area contributed by atoms with Gasteiger partial charge in [0.05, 0.1) is 0 Å². The van der Waals surface area contributed by atoms with Crippen LogP contribution >= 0.6 is 0 Å². The highest BCUT2D eigenvalue weighted by atomic mass is 16.5. The van der Waals surface area contributed by atoms with E-state index < -0.39 is 0 Å². The van der Waals surface area contributed by atoms with Gasteiger partial charge in [-0.1, -0.05) is 12.8 Å². The van der Waals surface area contributed by atoms with E-state index in [1.807, 2.05) is 7.05 Å². The fourth-order valence-electron chi connectivity index (χ4n) is 4.03. The standard InChI is InChI=1S/C19H34N6O/c1-20-18(22-15-19(9-6-10-19)11-14-26-2)21-12-8-17-24-23-16-7-4-3-5-13-25(16)17/h3-15H2,1-2H3,(H2,20,21,22). The van der Waals surface area contributed by atoms with Gasteiger partial charge in [0.15, 0.2) is 5.96 Å². The van der Waals surface area contributed by atoms with Gasteiger partial charge >= 0.3 is 0 Å². The summed E-state index contributed by atoms with van der Waals surface area (Å²) < 4.78 is 7.60. The molecule has 0 unspecified atom stereocenters. The Morgan fingerprint density at radius 2 is 2.08 bits per heavy atom. The number of nitrogens with one attached hydrogen (secondary N) is 2. The van der Waals surface area contributed by atoms with Crippen molar-refractivity contribution in [2.45, 2.75) is 64.3 Å². The van der Waals surface area contributed by atoms with Crippen LogP contribution in [-0.4, -0.2) is 54.6 Å². The molecule has 26 heavy (non-hydrogen) atoms. The molecule has 1 aliphatic heterocycles. The van der Waals surface area contributed by atoms with Gasteiger partial charge < -0.3 is 19.9 Å². The molecule has 0 spiro atoms. The summed E-state index contributed by atoms with van der Waals surface area (Å²) in [5, 5.41) is 15.7. The van der Waals surface area contributed by atoms with Crippen LogP contribution in [-0.2, 0) is 24.1 Å². The van der Waals surface area contributed by atoms with Crippen molar-refractivity contribution in [3.63, 3.8) is 0 Å². The quantitative estimate of drug-likeness (QED) is 0.546. The third-order valence-electron chi connectivity index (χ3n) is 5.93. The summed E-state index contributed by atoms with van der Waals surface area (Å²) in [5.74, 6) is 3.13. The Hall–Kier alpha value is -1.63. The Morgan fingerprint density at radius 3 is 2.81 bits per heavy atom. The van der Waals surface area contributed by atoms with Crippen molar-refractivity contribution in [2.75, 3.05) is 33.9 Å². The normalized spacial score (nSPS) is 19.4. The second-order valence-electron chi connectivity index (χ2n) is 7.69. The van der Waals surface area contributed by atoms with Gasteiger partial charge in [-0.3, -0.25) is 4.99 Å². The SMILES string of the molecule is CN=C(NCCc1nnc2n1CCCCC2)NCC1(CCOC)CCC1. The molecule has 0 aromatic carbocycles. The van der Waals surface area contributed by atoms with Gasteiger partial charge in [0.25, 0.3) is 0 Å². The second-order valence-corrected chi connectivity index (χ2v) is 7.69. The fourth-order valence-corrected chi connectivity index (χ4v) is 4.03. The van der Waals surface area contributed by atoms with Crippen molar-refractivity contribution in [3.05, 3.63) is 11.6 Å². The highest BCUT2D eigenvalue weighted by Crippen LogP contribution is 2.43. The monoisotopic (exact) mass is 362 g/mol. The van der Waals surface area contributed by atoms with Crippen LogP contribution in [0.25, 0.3) is 0 Å². The first-order valence-corrected chi connectivity index (χ1v) is 10.1. The largest absolute Gasteiger partial charge is 0.385 e. The molecule has 1 aromatic rings. The van der Waals surface area contributed by atoms with Gasteiger partial charge in [0.1, 0.15) is 11.6 Å². The van der Waals surface area contributed by atoms with Crippen LogP contribution in [0.4, 0.5) is 0 Å². The molecule has 1 aromatic heterocycles. The van der Waals surface area contributed by atoms with Crippen LogP contribution in [0.5, 0.6) is 0 Å². The molecule has 1 fully saturated rings. The van der Waals surface area contributed by atoms with Crippen LogP contribution in [0.3, 0.4) is 0 Å². The molecule has 0 saturated heterocycles. The van der Waals surface area contributed by atoms with Crippen molar-refractivity contribution >= 4 is 5.96 Å². The second kappa shape index (κ2) is 9.35. The molecule has 2 N–H and O–H groups in total. The molecule has 7 nitrogen and oxygen atoms in total. The van der Waals surface area contributed by atoms with E-state index in [-0.39, 0.29) is 0 Å². The summed E-state index contributed by atoms with van der Waals surface area (Å²) in [6.45, 7) is 3.69. The zero-order valence-corrected chi connectivity index (χ0v) is 16.4. The van der Waals surface area contributed by atoms with E-state index in [2.05, 4.69) is 30.4 Å². The van der Waals surface area contributed by atoms with E-state index in [9.17, 15) is 0 Å². The van der Waals surface area contributed by atoms with Crippen LogP contribution < -0.4 is 10.6 Å². The number of nitrogens with zero attached hydrogens (tertiary/aromatic N) is 4. The summed E-state index contributed by atoms with van der Waals surface area (Å²) in [6.07, 6.45) is 10.7. The summed E-state index contributed by atoms with van der Waals surface area (Å²) in [6, 6.07) is 0. The third kappa shape index (κ3) is 4.75. The van der Waals surface area contributed by atoms with Gasteiger partial charge in [-0.25, -0.2) is 0 Å². The van der Waals surface area contributed by atoms with E-state index >= 15 is 0 Å². The van der Waals surface area contributed by atoms with Crippen molar-refractivity contribution in [1.82, 2.24) is 25.4 Å². The lowest BCUT2D eigenvalue weighted by atomic mass is 9.67. The van der Waals surface area contributed by atoms with Crippen molar-refractivity contribution in [1.29, 1.82) is 0 Å². The average molecular weight is 363 g/mol. The lowest BCUT2D eigenvalue weighted by Gasteiger charge is -2.42. The van der Waals surface area contributed by atoms with E-state index in [1.54, 1.807) is 7.11 Å². The maximum Gasteiger partial charge on any atom is 0.191 e. The van der Waals surface area contributed by atoms with E-state index in [0.29, 0.717) is 5.41 Å². The van der Waals surface area contributed by atoms with Crippen LogP contribution in [0.15, 0.2) is 4.99 Å². The highest BCUT2D eigenvalue weighted by molar-refractivity contribution is 5.79. The predicted molar refractivity (Wildman–Crippen MR) is 103 cm³/mol. The smallest absolute Gasteiger partial charge is 0.191 e. The molecule has 3 rings (SSSR count). The first-order valence-electron chi connectivity index (χ1n) is 10.1. The summed E-state index contributed by atoms with van der Waals surface area (Å²) >= 11 is 0. The average Bonchev–Trinajstić information content (AvgIpc) is 2.85. The summed E-state index contributed by atoms with van der Waals surface area (Å²) in [4.78, 5) is 4.37. The first-order chi connectivity index (χ1) is 12.8. The van der Waals surface area contributed by atoms with Crippen molar-refractivity contribution in [3.8, 4) is 0 Å².